The summed E-state index contributed by atoms with van der Waals surface area (Å²) in [6.45, 7) is 0.402. The lowest BCUT2D eigenvalue weighted by atomic mass is 10.1. The van der Waals surface area contributed by atoms with E-state index >= 15 is 0 Å². The molecule has 0 N–H and O–H groups in total. The number of hydrogen-bond acceptors (Lipinski definition) is 4. The van der Waals surface area contributed by atoms with E-state index < -0.39 is 5.25 Å². The molecule has 3 aromatic rings. The van der Waals surface area contributed by atoms with Gasteiger partial charge in [0.2, 0.25) is 5.91 Å². The Kier molecular flexibility index (Phi) is 7.18. The summed E-state index contributed by atoms with van der Waals surface area (Å²) in [5, 5.41) is -0.215. The summed E-state index contributed by atoms with van der Waals surface area (Å²) in [5.41, 5.74) is 2.33. The van der Waals surface area contributed by atoms with Gasteiger partial charge in [-0.15, -0.1) is 0 Å². The molecule has 2 amide bonds. The van der Waals surface area contributed by atoms with E-state index in [4.69, 9.17) is 16.3 Å². The minimum absolute atomic E-state index is 0.194. The average molecular weight is 535 g/mol. The summed E-state index contributed by atoms with van der Waals surface area (Å²) in [6, 6.07) is 18.8. The first kappa shape index (κ1) is 22.8. The number of nitrogens with zero attached hydrogens (tertiary/aromatic N) is 1. The smallest absolute Gasteiger partial charge is 0.289 e. The monoisotopic (exact) mass is 533 g/mol. The largest absolute Gasteiger partial charge is 0.489 e. The maximum atomic E-state index is 13.4. The fourth-order valence-corrected chi connectivity index (χ4v) is 4.93. The second-order valence-corrected chi connectivity index (χ2v) is 9.80. The molecular weight excluding hydrogens is 517 g/mol. The van der Waals surface area contributed by atoms with Crippen molar-refractivity contribution in [1.29, 1.82) is 0 Å². The van der Waals surface area contributed by atoms with Crippen LogP contribution in [0.2, 0.25) is 5.02 Å². The standard InChI is InChI=1S/C24H18BrClFNO3S/c25-18-6-9-21(31-14-16-2-1-3-20(27)10-16)17(11-18)12-22-23(29)28(24(30)32-22)13-15-4-7-19(26)8-5-15/h1-11,22H,12-14H2/t22-/m0/s1. The molecule has 0 aliphatic carbocycles. The zero-order chi connectivity index (χ0) is 22.7. The van der Waals surface area contributed by atoms with Crippen LogP contribution in [0.4, 0.5) is 9.18 Å². The summed E-state index contributed by atoms with van der Waals surface area (Å²) < 4.78 is 20.2. The van der Waals surface area contributed by atoms with Crippen molar-refractivity contribution in [2.45, 2.75) is 24.8 Å². The molecule has 0 radical (unpaired) electrons. The van der Waals surface area contributed by atoms with Gasteiger partial charge in [0.05, 0.1) is 11.8 Å². The summed E-state index contributed by atoms with van der Waals surface area (Å²) in [5.74, 6) is 0.0369. The number of halogens is 3. The maximum absolute atomic E-state index is 13.4. The van der Waals surface area contributed by atoms with Crippen LogP contribution < -0.4 is 4.74 Å². The highest BCUT2D eigenvalue weighted by atomic mass is 79.9. The van der Waals surface area contributed by atoms with Crippen LogP contribution in [0.3, 0.4) is 0 Å². The van der Waals surface area contributed by atoms with Gasteiger partial charge in [-0.3, -0.25) is 14.5 Å². The van der Waals surface area contributed by atoms with Crippen LogP contribution >= 0.6 is 39.3 Å². The fourth-order valence-electron chi connectivity index (χ4n) is 3.38. The quantitative estimate of drug-likeness (QED) is 0.341. The van der Waals surface area contributed by atoms with E-state index in [0.717, 1.165) is 27.4 Å². The third-order valence-corrected chi connectivity index (χ3v) is 6.79. The number of ether oxygens (including phenoxy) is 1. The van der Waals surface area contributed by atoms with Crippen LogP contribution in [0.15, 0.2) is 71.2 Å². The highest BCUT2D eigenvalue weighted by Gasteiger charge is 2.39. The van der Waals surface area contributed by atoms with Crippen molar-refractivity contribution in [3.05, 3.63) is 98.7 Å². The van der Waals surface area contributed by atoms with Crippen LogP contribution in [0.1, 0.15) is 16.7 Å². The molecule has 1 fully saturated rings. The minimum Gasteiger partial charge on any atom is -0.489 e. The van der Waals surface area contributed by atoms with Crippen molar-refractivity contribution < 1.29 is 18.7 Å². The number of imide groups is 1. The predicted octanol–water partition coefficient (Wildman–Crippen LogP) is 6.63. The highest BCUT2D eigenvalue weighted by Crippen LogP contribution is 2.34. The second kappa shape index (κ2) is 10.1. The molecule has 0 bridgehead atoms. The average Bonchev–Trinajstić information content (AvgIpc) is 3.02. The highest BCUT2D eigenvalue weighted by molar-refractivity contribution is 9.10. The Labute approximate surface area is 202 Å². The molecule has 4 nitrogen and oxygen atoms in total. The fraction of sp³-hybridized carbons (Fsp3) is 0.167. The maximum Gasteiger partial charge on any atom is 0.289 e. The number of hydrogen-bond donors (Lipinski definition) is 0. The van der Waals surface area contributed by atoms with E-state index in [-0.39, 0.29) is 30.1 Å². The molecule has 8 heteroatoms. The molecule has 164 valence electrons. The van der Waals surface area contributed by atoms with Gasteiger partial charge in [0, 0.05) is 9.50 Å². The Bertz CT molecular complexity index is 1160. The van der Waals surface area contributed by atoms with Gasteiger partial charge in [0.15, 0.2) is 0 Å². The van der Waals surface area contributed by atoms with Gasteiger partial charge >= 0.3 is 0 Å². The van der Waals surface area contributed by atoms with Crippen LogP contribution in [-0.2, 0) is 24.4 Å². The van der Waals surface area contributed by atoms with Crippen LogP contribution in [0.5, 0.6) is 5.75 Å². The molecule has 1 heterocycles. The topological polar surface area (TPSA) is 46.6 Å². The lowest BCUT2D eigenvalue weighted by Crippen LogP contribution is -2.31. The molecule has 0 unspecified atom stereocenters. The molecule has 1 aliphatic rings. The first-order valence-electron chi connectivity index (χ1n) is 9.81. The molecule has 0 saturated carbocycles. The lowest BCUT2D eigenvalue weighted by Gasteiger charge is -2.16. The van der Waals surface area contributed by atoms with Gasteiger partial charge in [-0.25, -0.2) is 4.39 Å². The minimum atomic E-state index is -0.541. The molecule has 3 aromatic carbocycles. The number of carbonyl (C=O) groups excluding carboxylic acids is 2. The molecule has 1 saturated heterocycles. The molecule has 0 aromatic heterocycles. The summed E-state index contributed by atoms with van der Waals surface area (Å²) in [4.78, 5) is 26.8. The van der Waals surface area contributed by atoms with E-state index in [1.54, 1.807) is 42.5 Å². The lowest BCUT2D eigenvalue weighted by molar-refractivity contribution is -0.127. The van der Waals surface area contributed by atoms with Crippen LogP contribution in [0, 0.1) is 5.82 Å². The van der Waals surface area contributed by atoms with Gasteiger partial charge in [0.1, 0.15) is 18.2 Å². The van der Waals surface area contributed by atoms with Gasteiger partial charge in [-0.05, 0) is 65.6 Å². The van der Waals surface area contributed by atoms with Crippen molar-refractivity contribution >= 4 is 50.4 Å². The first-order chi connectivity index (χ1) is 15.4. The normalized spacial score (nSPS) is 16.0. The predicted molar refractivity (Wildman–Crippen MR) is 127 cm³/mol. The van der Waals surface area contributed by atoms with Crippen LogP contribution in [0.25, 0.3) is 0 Å². The second-order valence-electron chi connectivity index (χ2n) is 7.30. The Morgan fingerprint density at radius 3 is 2.56 bits per heavy atom. The van der Waals surface area contributed by atoms with Gasteiger partial charge in [-0.2, -0.15) is 0 Å². The number of benzene rings is 3. The van der Waals surface area contributed by atoms with E-state index in [9.17, 15) is 14.0 Å². The first-order valence-corrected chi connectivity index (χ1v) is 11.9. The SMILES string of the molecule is O=C1S[C@@H](Cc2cc(Br)ccc2OCc2cccc(F)c2)C(=O)N1Cc1ccc(Cl)cc1. The Hall–Kier alpha value is -2.35. The Morgan fingerprint density at radius 2 is 1.81 bits per heavy atom. The van der Waals surface area contributed by atoms with Crippen LogP contribution in [-0.4, -0.2) is 21.3 Å². The van der Waals surface area contributed by atoms with E-state index in [1.807, 2.05) is 12.1 Å². The van der Waals surface area contributed by atoms with Gasteiger partial charge < -0.3 is 4.74 Å². The molecule has 1 aliphatic heterocycles. The van der Waals surface area contributed by atoms with Gasteiger partial charge in [0.25, 0.3) is 5.24 Å². The summed E-state index contributed by atoms with van der Waals surface area (Å²) in [7, 11) is 0. The Morgan fingerprint density at radius 1 is 1.03 bits per heavy atom. The third kappa shape index (κ3) is 5.52. The molecule has 0 spiro atoms. The molecular formula is C24H18BrClFNO3S. The molecule has 1 atom stereocenters. The number of carbonyl (C=O) groups is 2. The Balaban J connectivity index is 1.47. The molecule has 32 heavy (non-hydrogen) atoms. The zero-order valence-corrected chi connectivity index (χ0v) is 19.9. The van der Waals surface area contributed by atoms with Crippen molar-refractivity contribution in [2.75, 3.05) is 0 Å². The van der Waals surface area contributed by atoms with Crippen molar-refractivity contribution in [1.82, 2.24) is 4.90 Å². The number of rotatable bonds is 7. The van der Waals surface area contributed by atoms with E-state index in [2.05, 4.69) is 15.9 Å². The van der Waals surface area contributed by atoms with Crippen molar-refractivity contribution in [3.63, 3.8) is 0 Å². The summed E-state index contributed by atoms with van der Waals surface area (Å²) >= 11 is 10.4. The van der Waals surface area contributed by atoms with E-state index in [0.29, 0.717) is 22.8 Å². The summed E-state index contributed by atoms with van der Waals surface area (Å²) in [6.07, 6.45) is 0.338. The van der Waals surface area contributed by atoms with Crippen molar-refractivity contribution in [2.24, 2.45) is 0 Å². The zero-order valence-electron chi connectivity index (χ0n) is 16.8. The third-order valence-electron chi connectivity index (χ3n) is 4.97. The number of amides is 2. The number of thioether (sulfide) groups is 1. The molecule has 4 rings (SSSR count). The van der Waals surface area contributed by atoms with E-state index in [1.165, 1.54) is 17.0 Å². The van der Waals surface area contributed by atoms with Gasteiger partial charge in [-0.1, -0.05) is 63.6 Å². The van der Waals surface area contributed by atoms with Crippen molar-refractivity contribution in [3.8, 4) is 5.75 Å².